The van der Waals surface area contributed by atoms with Gasteiger partial charge in [0.15, 0.2) is 11.5 Å². The van der Waals surface area contributed by atoms with Crippen LogP contribution in [0.15, 0.2) is 23.1 Å². The summed E-state index contributed by atoms with van der Waals surface area (Å²) in [6, 6.07) is 5.22. The lowest BCUT2D eigenvalue weighted by Gasteiger charge is -2.31. The SMILES string of the molecule is Cc1[nH]c(C)c(S(=O)(=O)N2CCC(C(=O)Nc3ccc4c(c3)OCO4)CC2)c1C(=O)N1CCCCC1. The first-order valence-corrected chi connectivity index (χ1v) is 13.9. The number of benzene rings is 1. The second-order valence-electron chi connectivity index (χ2n) is 9.67. The van der Waals surface area contributed by atoms with Crippen LogP contribution < -0.4 is 14.8 Å². The smallest absolute Gasteiger partial charge is 0.257 e. The topological polar surface area (TPSA) is 121 Å². The standard InChI is InChI=1S/C25H32N4O6S/c1-16-22(25(31)28-10-4-3-5-11-28)23(17(2)26-16)36(32,33)29-12-8-18(9-13-29)24(30)27-19-6-7-20-21(14-19)35-15-34-20/h6-7,14,18,26H,3-5,8-13,15H2,1-2H3,(H,27,30). The fourth-order valence-electron chi connectivity index (χ4n) is 5.30. The van der Waals surface area contributed by atoms with Crippen molar-refractivity contribution in [2.75, 3.05) is 38.3 Å². The fourth-order valence-corrected chi connectivity index (χ4v) is 7.19. The number of ether oxygens (including phenoxy) is 2. The van der Waals surface area contributed by atoms with E-state index >= 15 is 0 Å². The molecule has 0 unspecified atom stereocenters. The van der Waals surface area contributed by atoms with E-state index in [4.69, 9.17) is 9.47 Å². The molecule has 0 radical (unpaired) electrons. The summed E-state index contributed by atoms with van der Waals surface area (Å²) in [7, 11) is -3.91. The lowest BCUT2D eigenvalue weighted by molar-refractivity contribution is -0.120. The van der Waals surface area contributed by atoms with Crippen molar-refractivity contribution in [1.82, 2.24) is 14.2 Å². The van der Waals surface area contributed by atoms with Gasteiger partial charge in [0.05, 0.1) is 5.56 Å². The Morgan fingerprint density at radius 1 is 0.972 bits per heavy atom. The Kier molecular flexibility index (Phi) is 6.69. The van der Waals surface area contributed by atoms with Crippen molar-refractivity contribution in [2.45, 2.75) is 50.8 Å². The maximum absolute atomic E-state index is 13.7. The van der Waals surface area contributed by atoms with Gasteiger partial charge in [0.2, 0.25) is 22.7 Å². The first kappa shape index (κ1) is 24.6. The van der Waals surface area contributed by atoms with E-state index in [-0.39, 0.29) is 48.1 Å². The van der Waals surface area contributed by atoms with E-state index in [1.807, 2.05) is 0 Å². The van der Waals surface area contributed by atoms with Gasteiger partial charge in [-0.25, -0.2) is 8.42 Å². The van der Waals surface area contributed by atoms with Gasteiger partial charge in [-0.1, -0.05) is 0 Å². The molecule has 0 saturated carbocycles. The third kappa shape index (κ3) is 4.57. The van der Waals surface area contributed by atoms with Crippen molar-refractivity contribution >= 4 is 27.5 Å². The number of hydrogen-bond donors (Lipinski definition) is 2. The minimum atomic E-state index is -3.91. The quantitative estimate of drug-likeness (QED) is 0.630. The van der Waals surface area contributed by atoms with Crippen LogP contribution in [0.5, 0.6) is 11.5 Å². The Morgan fingerprint density at radius 2 is 1.67 bits per heavy atom. The minimum Gasteiger partial charge on any atom is -0.454 e. The van der Waals surface area contributed by atoms with Gasteiger partial charge in [0.1, 0.15) is 4.90 Å². The number of amides is 2. The normalized spacial score (nSPS) is 18.9. The van der Waals surface area contributed by atoms with E-state index in [9.17, 15) is 18.0 Å². The number of aromatic amines is 1. The Morgan fingerprint density at radius 3 is 2.39 bits per heavy atom. The molecule has 11 heteroatoms. The molecule has 1 aromatic heterocycles. The van der Waals surface area contributed by atoms with Crippen LogP contribution in [0.4, 0.5) is 5.69 Å². The summed E-state index contributed by atoms with van der Waals surface area (Å²) in [5, 5.41) is 2.90. The zero-order valence-electron chi connectivity index (χ0n) is 20.6. The second kappa shape index (κ2) is 9.78. The van der Waals surface area contributed by atoms with E-state index in [0.29, 0.717) is 54.5 Å². The van der Waals surface area contributed by atoms with Crippen LogP contribution in [0.3, 0.4) is 0 Å². The number of carbonyl (C=O) groups excluding carboxylic acids is 2. The fraction of sp³-hybridized carbons (Fsp3) is 0.520. The lowest BCUT2D eigenvalue weighted by atomic mass is 9.97. The number of hydrogen-bond acceptors (Lipinski definition) is 6. The first-order chi connectivity index (χ1) is 17.3. The molecule has 2 fully saturated rings. The highest BCUT2D eigenvalue weighted by atomic mass is 32.2. The van der Waals surface area contributed by atoms with E-state index in [1.165, 1.54) is 4.31 Å². The van der Waals surface area contributed by atoms with Gasteiger partial charge in [-0.05, 0) is 58.1 Å². The van der Waals surface area contributed by atoms with Crippen molar-refractivity contribution < 1.29 is 27.5 Å². The number of aryl methyl sites for hydroxylation is 2. The number of anilines is 1. The van der Waals surface area contributed by atoms with Crippen LogP contribution in [0, 0.1) is 19.8 Å². The Bertz CT molecular complexity index is 1270. The third-order valence-electron chi connectivity index (χ3n) is 7.24. The number of sulfonamides is 1. The molecule has 0 atom stereocenters. The highest BCUT2D eigenvalue weighted by molar-refractivity contribution is 7.89. The molecule has 5 rings (SSSR count). The zero-order chi connectivity index (χ0) is 25.4. The molecule has 0 spiro atoms. The predicted molar refractivity (Wildman–Crippen MR) is 133 cm³/mol. The molecule has 0 aliphatic carbocycles. The minimum absolute atomic E-state index is 0.0684. The van der Waals surface area contributed by atoms with Crippen LogP contribution >= 0.6 is 0 Å². The van der Waals surface area contributed by atoms with E-state index in [2.05, 4.69) is 10.3 Å². The number of aromatic nitrogens is 1. The number of likely N-dealkylation sites (tertiary alicyclic amines) is 1. The van der Waals surface area contributed by atoms with Crippen LogP contribution in [-0.2, 0) is 14.8 Å². The lowest BCUT2D eigenvalue weighted by Crippen LogP contribution is -2.42. The van der Waals surface area contributed by atoms with Gasteiger partial charge >= 0.3 is 0 Å². The maximum Gasteiger partial charge on any atom is 0.257 e. The maximum atomic E-state index is 13.7. The molecule has 2 aromatic rings. The summed E-state index contributed by atoms with van der Waals surface area (Å²) in [6.45, 7) is 5.31. The molecular formula is C25H32N4O6S. The number of H-pyrrole nitrogens is 1. The van der Waals surface area contributed by atoms with Crippen LogP contribution in [0.1, 0.15) is 53.8 Å². The van der Waals surface area contributed by atoms with Crippen molar-refractivity contribution in [3.05, 3.63) is 35.2 Å². The van der Waals surface area contributed by atoms with Gasteiger partial charge in [-0.3, -0.25) is 9.59 Å². The Balaban J connectivity index is 1.27. The Labute approximate surface area is 211 Å². The zero-order valence-corrected chi connectivity index (χ0v) is 21.4. The number of nitrogens with zero attached hydrogens (tertiary/aromatic N) is 2. The van der Waals surface area contributed by atoms with E-state index in [1.54, 1.807) is 36.9 Å². The number of nitrogens with one attached hydrogen (secondary N) is 2. The van der Waals surface area contributed by atoms with Crippen LogP contribution in [-0.4, -0.2) is 67.4 Å². The number of carbonyl (C=O) groups is 2. The average Bonchev–Trinajstić information content (AvgIpc) is 3.47. The molecule has 3 aliphatic rings. The van der Waals surface area contributed by atoms with E-state index in [0.717, 1.165) is 19.3 Å². The Hall–Kier alpha value is -3.05. The van der Waals surface area contributed by atoms with Gasteiger partial charge in [0, 0.05) is 55.2 Å². The summed E-state index contributed by atoms with van der Waals surface area (Å²) in [6.07, 6.45) is 3.73. The molecule has 3 aliphatic heterocycles. The largest absolute Gasteiger partial charge is 0.454 e. The van der Waals surface area contributed by atoms with Crippen molar-refractivity contribution in [2.24, 2.45) is 5.92 Å². The molecule has 36 heavy (non-hydrogen) atoms. The van der Waals surface area contributed by atoms with Crippen molar-refractivity contribution in [3.8, 4) is 11.5 Å². The molecule has 4 heterocycles. The third-order valence-corrected chi connectivity index (χ3v) is 9.31. The monoisotopic (exact) mass is 516 g/mol. The van der Waals surface area contributed by atoms with Crippen LogP contribution in [0.25, 0.3) is 0 Å². The highest BCUT2D eigenvalue weighted by Gasteiger charge is 2.38. The van der Waals surface area contributed by atoms with Gasteiger partial charge < -0.3 is 24.7 Å². The summed E-state index contributed by atoms with van der Waals surface area (Å²) >= 11 is 0. The molecule has 1 aromatic carbocycles. The van der Waals surface area contributed by atoms with Gasteiger partial charge in [-0.15, -0.1) is 0 Å². The molecule has 2 amide bonds. The van der Waals surface area contributed by atoms with E-state index < -0.39 is 10.0 Å². The van der Waals surface area contributed by atoms with Gasteiger partial charge in [0.25, 0.3) is 5.91 Å². The molecule has 2 saturated heterocycles. The van der Waals surface area contributed by atoms with Crippen molar-refractivity contribution in [1.29, 1.82) is 0 Å². The predicted octanol–water partition coefficient (Wildman–Crippen LogP) is 3.03. The molecular weight excluding hydrogens is 484 g/mol. The summed E-state index contributed by atoms with van der Waals surface area (Å²) in [5.74, 6) is 0.528. The number of rotatable bonds is 5. The molecule has 0 bridgehead atoms. The number of piperidine rings is 2. The number of fused-ring (bicyclic) bond motifs is 1. The summed E-state index contributed by atoms with van der Waals surface area (Å²) < 4.78 is 39.5. The van der Waals surface area contributed by atoms with Crippen molar-refractivity contribution in [3.63, 3.8) is 0 Å². The first-order valence-electron chi connectivity index (χ1n) is 12.4. The average molecular weight is 517 g/mol. The highest BCUT2D eigenvalue weighted by Crippen LogP contribution is 2.35. The second-order valence-corrected chi connectivity index (χ2v) is 11.5. The van der Waals surface area contributed by atoms with Gasteiger partial charge in [-0.2, -0.15) is 4.31 Å². The molecule has 2 N–H and O–H groups in total. The van der Waals surface area contributed by atoms with Crippen LogP contribution in [0.2, 0.25) is 0 Å². The summed E-state index contributed by atoms with van der Waals surface area (Å²) in [5.41, 5.74) is 1.89. The summed E-state index contributed by atoms with van der Waals surface area (Å²) in [4.78, 5) is 31.1. The molecule has 10 nitrogen and oxygen atoms in total. The molecule has 194 valence electrons.